The van der Waals surface area contributed by atoms with E-state index < -0.39 is 23.9 Å². The van der Waals surface area contributed by atoms with E-state index >= 15 is 0 Å². The summed E-state index contributed by atoms with van der Waals surface area (Å²) in [5, 5.41) is 13.6. The first kappa shape index (κ1) is 24.7. The fourth-order valence-electron chi connectivity index (χ4n) is 4.85. The van der Waals surface area contributed by atoms with Gasteiger partial charge in [0, 0.05) is 55.2 Å². The molecular weight excluding hydrogens is 465 g/mol. The quantitative estimate of drug-likeness (QED) is 0.637. The number of alkyl halides is 3. The van der Waals surface area contributed by atoms with Gasteiger partial charge in [-0.3, -0.25) is 9.59 Å². The maximum absolute atomic E-state index is 13.3. The van der Waals surface area contributed by atoms with Gasteiger partial charge in [0.15, 0.2) is 0 Å². The molecule has 0 saturated carbocycles. The van der Waals surface area contributed by atoms with E-state index in [2.05, 4.69) is 5.32 Å². The number of methoxy groups -OCH3 is 2. The Labute approximate surface area is 200 Å². The minimum atomic E-state index is -4.37. The van der Waals surface area contributed by atoms with E-state index in [-0.39, 0.29) is 49.8 Å². The van der Waals surface area contributed by atoms with Crippen LogP contribution in [0.2, 0.25) is 0 Å². The number of aromatic hydroxyl groups is 1. The Hall–Kier alpha value is -3.43. The third-order valence-corrected chi connectivity index (χ3v) is 6.73. The number of benzene rings is 2. The summed E-state index contributed by atoms with van der Waals surface area (Å²) < 4.78 is 50.7. The maximum Gasteiger partial charge on any atom is 0.393 e. The molecule has 10 heteroatoms. The Morgan fingerprint density at radius 1 is 1.23 bits per heavy atom. The summed E-state index contributed by atoms with van der Waals surface area (Å²) in [7, 11) is 2.85. The van der Waals surface area contributed by atoms with Gasteiger partial charge in [0.1, 0.15) is 17.2 Å². The van der Waals surface area contributed by atoms with Gasteiger partial charge in [-0.05, 0) is 30.0 Å². The first-order valence-corrected chi connectivity index (χ1v) is 11.3. The van der Waals surface area contributed by atoms with Crippen LogP contribution in [-0.4, -0.2) is 55.3 Å². The molecule has 2 aliphatic rings. The van der Waals surface area contributed by atoms with Crippen molar-refractivity contribution in [2.45, 2.75) is 37.9 Å². The molecular formula is C25H27F3N2O5. The Balaban J connectivity index is 1.72. The summed E-state index contributed by atoms with van der Waals surface area (Å²) in [5.74, 6) is -2.47. The molecule has 7 nitrogen and oxygen atoms in total. The number of halogens is 3. The van der Waals surface area contributed by atoms with Crippen molar-refractivity contribution in [3.8, 4) is 17.2 Å². The lowest BCUT2D eigenvalue weighted by Crippen LogP contribution is -2.45. The molecule has 2 amide bonds. The monoisotopic (exact) mass is 492 g/mol. The Morgan fingerprint density at radius 2 is 2.00 bits per heavy atom. The molecule has 1 fully saturated rings. The molecule has 35 heavy (non-hydrogen) atoms. The second kappa shape index (κ2) is 9.67. The second-order valence-corrected chi connectivity index (χ2v) is 8.84. The summed E-state index contributed by atoms with van der Waals surface area (Å²) in [4.78, 5) is 26.5. The normalized spacial score (nSPS) is 18.6. The van der Waals surface area contributed by atoms with E-state index in [1.165, 1.54) is 25.2 Å². The van der Waals surface area contributed by atoms with Crippen LogP contribution in [-0.2, 0) is 11.3 Å². The summed E-state index contributed by atoms with van der Waals surface area (Å²) in [6.07, 6.45) is -4.28. The lowest BCUT2D eigenvalue weighted by molar-refractivity contribution is -0.188. The highest BCUT2D eigenvalue weighted by Crippen LogP contribution is 2.44. The van der Waals surface area contributed by atoms with Crippen LogP contribution in [0.1, 0.15) is 52.2 Å². The number of amides is 2. The van der Waals surface area contributed by atoms with Crippen LogP contribution in [0, 0.1) is 5.92 Å². The molecule has 2 atom stereocenters. The number of hydrogen-bond acceptors (Lipinski definition) is 5. The Morgan fingerprint density at radius 3 is 2.69 bits per heavy atom. The van der Waals surface area contributed by atoms with Crippen molar-refractivity contribution in [2.24, 2.45) is 5.92 Å². The van der Waals surface area contributed by atoms with Crippen molar-refractivity contribution in [1.29, 1.82) is 0 Å². The number of piperidine rings is 1. The number of phenolic OH excluding ortho intramolecular Hbond substituents is 1. The summed E-state index contributed by atoms with van der Waals surface area (Å²) in [6, 6.07) is 8.10. The summed E-state index contributed by atoms with van der Waals surface area (Å²) >= 11 is 0. The SMILES string of the molecule is COc1cc(O)c([C@H](CC(=O)N2CCCC(C(F)(F)F)C2)c2ccc3c(c2)CNC3=O)c(OC)c1. The van der Waals surface area contributed by atoms with Crippen molar-refractivity contribution in [3.63, 3.8) is 0 Å². The van der Waals surface area contributed by atoms with Crippen LogP contribution in [0.3, 0.4) is 0 Å². The topological polar surface area (TPSA) is 88.1 Å². The highest BCUT2D eigenvalue weighted by molar-refractivity contribution is 5.98. The Bertz CT molecular complexity index is 1130. The fraction of sp³-hybridized carbons (Fsp3) is 0.440. The zero-order chi connectivity index (χ0) is 25.3. The molecule has 2 heterocycles. The van der Waals surface area contributed by atoms with Gasteiger partial charge in [0.25, 0.3) is 5.91 Å². The molecule has 0 bridgehead atoms. The molecule has 1 saturated heterocycles. The van der Waals surface area contributed by atoms with Gasteiger partial charge < -0.3 is 24.8 Å². The van der Waals surface area contributed by atoms with Crippen LogP contribution >= 0.6 is 0 Å². The first-order valence-electron chi connectivity index (χ1n) is 11.3. The molecule has 2 aromatic rings. The fourth-order valence-corrected chi connectivity index (χ4v) is 4.85. The Kier molecular flexibility index (Phi) is 6.82. The van der Waals surface area contributed by atoms with Gasteiger partial charge >= 0.3 is 6.18 Å². The maximum atomic E-state index is 13.3. The van der Waals surface area contributed by atoms with Crippen molar-refractivity contribution in [2.75, 3.05) is 27.3 Å². The lowest BCUT2D eigenvalue weighted by Gasteiger charge is -2.34. The van der Waals surface area contributed by atoms with E-state index in [9.17, 15) is 27.9 Å². The number of carbonyl (C=O) groups is 2. The molecule has 1 unspecified atom stereocenters. The molecule has 0 aliphatic carbocycles. The molecule has 2 N–H and O–H groups in total. The zero-order valence-corrected chi connectivity index (χ0v) is 19.4. The third kappa shape index (κ3) is 5.01. The van der Waals surface area contributed by atoms with Gasteiger partial charge in [0.2, 0.25) is 5.91 Å². The summed E-state index contributed by atoms with van der Waals surface area (Å²) in [5.41, 5.74) is 2.22. The average molecular weight is 492 g/mol. The number of phenols is 1. The predicted molar refractivity (Wildman–Crippen MR) is 121 cm³/mol. The van der Waals surface area contributed by atoms with E-state index in [4.69, 9.17) is 9.47 Å². The molecule has 188 valence electrons. The van der Waals surface area contributed by atoms with Gasteiger partial charge in [0.05, 0.1) is 20.1 Å². The number of rotatable bonds is 6. The zero-order valence-electron chi connectivity index (χ0n) is 19.4. The number of carbonyl (C=O) groups excluding carboxylic acids is 2. The molecule has 0 spiro atoms. The minimum absolute atomic E-state index is 0.00432. The minimum Gasteiger partial charge on any atom is -0.507 e. The highest BCUT2D eigenvalue weighted by atomic mass is 19.4. The summed E-state index contributed by atoms with van der Waals surface area (Å²) in [6.45, 7) is 0.184. The number of hydrogen-bond donors (Lipinski definition) is 2. The number of fused-ring (bicyclic) bond motifs is 1. The van der Waals surface area contributed by atoms with Gasteiger partial charge in [-0.2, -0.15) is 13.2 Å². The van der Waals surface area contributed by atoms with Crippen molar-refractivity contribution in [1.82, 2.24) is 10.2 Å². The first-order chi connectivity index (χ1) is 16.6. The lowest BCUT2D eigenvalue weighted by atomic mass is 9.85. The smallest absolute Gasteiger partial charge is 0.393 e. The van der Waals surface area contributed by atoms with Crippen molar-refractivity contribution in [3.05, 3.63) is 52.6 Å². The molecule has 0 aromatic heterocycles. The van der Waals surface area contributed by atoms with Crippen molar-refractivity contribution >= 4 is 11.8 Å². The van der Waals surface area contributed by atoms with E-state index in [1.54, 1.807) is 24.3 Å². The van der Waals surface area contributed by atoms with Gasteiger partial charge in [-0.1, -0.05) is 12.1 Å². The number of likely N-dealkylation sites (tertiary alicyclic amines) is 1. The van der Waals surface area contributed by atoms with E-state index in [1.807, 2.05) is 0 Å². The third-order valence-electron chi connectivity index (χ3n) is 6.73. The molecule has 4 rings (SSSR count). The second-order valence-electron chi connectivity index (χ2n) is 8.84. The molecule has 2 aromatic carbocycles. The van der Waals surface area contributed by atoms with Gasteiger partial charge in [-0.25, -0.2) is 0 Å². The van der Waals surface area contributed by atoms with Crippen LogP contribution in [0.25, 0.3) is 0 Å². The highest BCUT2D eigenvalue weighted by Gasteiger charge is 2.43. The van der Waals surface area contributed by atoms with Crippen LogP contribution in [0.15, 0.2) is 30.3 Å². The predicted octanol–water partition coefficient (Wildman–Crippen LogP) is 3.98. The van der Waals surface area contributed by atoms with Crippen LogP contribution < -0.4 is 14.8 Å². The number of ether oxygens (including phenoxy) is 2. The molecule has 0 radical (unpaired) electrons. The van der Waals surface area contributed by atoms with Crippen LogP contribution in [0.5, 0.6) is 17.2 Å². The van der Waals surface area contributed by atoms with Gasteiger partial charge in [-0.15, -0.1) is 0 Å². The van der Waals surface area contributed by atoms with E-state index in [0.29, 0.717) is 29.0 Å². The van der Waals surface area contributed by atoms with E-state index in [0.717, 1.165) is 5.56 Å². The largest absolute Gasteiger partial charge is 0.507 e. The average Bonchev–Trinajstić information content (AvgIpc) is 3.21. The molecule has 2 aliphatic heterocycles. The number of nitrogens with zero attached hydrogens (tertiary/aromatic N) is 1. The standard InChI is InChI=1S/C25H27F3N2O5/c1-34-17-9-20(31)23(21(10-17)35-2)19(14-5-6-18-15(8-14)12-29-24(18)33)11-22(32)30-7-3-4-16(13-30)25(26,27)28/h5-6,8-10,16,19,31H,3-4,7,11-13H2,1-2H3,(H,29,33)/t16?,19-/m1/s1. The number of nitrogens with one attached hydrogen (secondary N) is 1. The van der Waals surface area contributed by atoms with Crippen LogP contribution in [0.4, 0.5) is 13.2 Å². The van der Waals surface area contributed by atoms with Crippen molar-refractivity contribution < 1.29 is 37.3 Å².